The number of rotatable bonds is 3. The maximum absolute atomic E-state index is 13.7. The molecule has 0 saturated carbocycles. The van der Waals surface area contributed by atoms with Gasteiger partial charge in [0.15, 0.2) is 5.82 Å². The number of benzene rings is 2. The maximum Gasteiger partial charge on any atom is 0.311 e. The van der Waals surface area contributed by atoms with Gasteiger partial charge >= 0.3 is 5.69 Å². The smallest absolute Gasteiger partial charge is 0.311 e. The summed E-state index contributed by atoms with van der Waals surface area (Å²) in [7, 11) is 0. The van der Waals surface area contributed by atoms with Crippen LogP contribution in [0.5, 0.6) is 11.5 Å². The Kier molecular flexibility index (Phi) is 3.94. The van der Waals surface area contributed by atoms with Crippen molar-refractivity contribution < 1.29 is 27.2 Å². The fourth-order valence-corrected chi connectivity index (χ4v) is 1.55. The molecule has 0 atom stereocenters. The van der Waals surface area contributed by atoms with Crippen molar-refractivity contribution in [2.24, 2.45) is 0 Å². The molecule has 0 spiro atoms. The molecule has 0 aromatic heterocycles. The van der Waals surface area contributed by atoms with Crippen LogP contribution < -0.4 is 4.74 Å². The van der Waals surface area contributed by atoms with E-state index in [0.717, 1.165) is 18.2 Å². The summed E-state index contributed by atoms with van der Waals surface area (Å²) in [5.74, 6) is -7.75. The molecule has 5 nitrogen and oxygen atoms in total. The van der Waals surface area contributed by atoms with Crippen LogP contribution in [0.1, 0.15) is 0 Å². The van der Waals surface area contributed by atoms with E-state index >= 15 is 0 Å². The monoisotopic (exact) mass is 312 g/mol. The molecule has 2 aromatic rings. The molecule has 0 saturated heterocycles. The Bertz CT molecular complexity index is 818. The van der Waals surface area contributed by atoms with Crippen LogP contribution in [-0.4, -0.2) is 4.92 Å². The summed E-state index contributed by atoms with van der Waals surface area (Å²) < 4.78 is 58.6. The first-order chi connectivity index (χ1) is 10.3. The summed E-state index contributed by atoms with van der Waals surface area (Å²) in [6, 6.07) is 2.79. The number of nitrogens with zero attached hydrogens (tertiary/aromatic N) is 2. The Morgan fingerprint density at radius 1 is 1.09 bits per heavy atom. The van der Waals surface area contributed by atoms with Gasteiger partial charge in [-0.2, -0.15) is 8.78 Å². The summed E-state index contributed by atoms with van der Waals surface area (Å²) >= 11 is 0. The fraction of sp³-hybridized carbons (Fsp3) is 0. The zero-order valence-corrected chi connectivity index (χ0v) is 10.4. The van der Waals surface area contributed by atoms with Gasteiger partial charge < -0.3 is 4.74 Å². The quantitative estimate of drug-likeness (QED) is 0.276. The Morgan fingerprint density at radius 3 is 2.36 bits per heavy atom. The van der Waals surface area contributed by atoms with Crippen LogP contribution in [0.4, 0.5) is 28.9 Å². The summed E-state index contributed by atoms with van der Waals surface area (Å²) in [6.07, 6.45) is 0. The SMILES string of the molecule is [C-]#[N+]c1cc(Oc2c(F)cc([N+](=O)[O-])c(F)c2F)ccc1F. The molecule has 0 heterocycles. The summed E-state index contributed by atoms with van der Waals surface area (Å²) in [5, 5.41) is 10.4. The van der Waals surface area contributed by atoms with E-state index < -0.39 is 45.3 Å². The van der Waals surface area contributed by atoms with Gasteiger partial charge in [-0.1, -0.05) is 0 Å². The standard InChI is InChI=1S/C13H4F4N2O3/c1-18-9-4-6(2-3-7(9)14)22-13-8(15)5-10(19(20)21)11(16)12(13)17/h2-5H. The number of halogens is 4. The van der Waals surface area contributed by atoms with E-state index in [1.54, 1.807) is 0 Å². The zero-order chi connectivity index (χ0) is 16.4. The van der Waals surface area contributed by atoms with Gasteiger partial charge in [0.25, 0.3) is 0 Å². The second kappa shape index (κ2) is 5.69. The molecule has 0 aliphatic rings. The number of hydrogen-bond donors (Lipinski definition) is 0. The molecule has 0 fully saturated rings. The second-order valence-electron chi connectivity index (χ2n) is 3.92. The largest absolute Gasteiger partial charge is 0.452 e. The first-order valence-electron chi connectivity index (χ1n) is 5.52. The summed E-state index contributed by atoms with van der Waals surface area (Å²) in [6.45, 7) is 6.70. The normalized spacial score (nSPS) is 10.1. The highest BCUT2D eigenvalue weighted by Crippen LogP contribution is 2.35. The minimum absolute atomic E-state index is 0.160. The van der Waals surface area contributed by atoms with Gasteiger partial charge in [0.05, 0.1) is 17.6 Å². The molecule has 22 heavy (non-hydrogen) atoms. The lowest BCUT2D eigenvalue weighted by atomic mass is 10.2. The second-order valence-corrected chi connectivity index (χ2v) is 3.92. The van der Waals surface area contributed by atoms with Crippen LogP contribution in [0.3, 0.4) is 0 Å². The summed E-state index contributed by atoms with van der Waals surface area (Å²) in [4.78, 5) is 12.0. The van der Waals surface area contributed by atoms with Crippen LogP contribution >= 0.6 is 0 Å². The third-order valence-corrected chi connectivity index (χ3v) is 2.55. The molecule has 0 aliphatic heterocycles. The van der Waals surface area contributed by atoms with Crippen molar-refractivity contribution in [2.45, 2.75) is 0 Å². The topological polar surface area (TPSA) is 56.7 Å². The van der Waals surface area contributed by atoms with E-state index in [0.29, 0.717) is 0 Å². The third-order valence-electron chi connectivity index (χ3n) is 2.55. The van der Waals surface area contributed by atoms with Crippen molar-refractivity contribution >= 4 is 11.4 Å². The molecule has 2 aromatic carbocycles. The number of nitro groups is 1. The van der Waals surface area contributed by atoms with E-state index in [-0.39, 0.29) is 11.8 Å². The number of ether oxygens (including phenoxy) is 1. The fourth-order valence-electron chi connectivity index (χ4n) is 1.55. The minimum atomic E-state index is -1.90. The molecule has 9 heteroatoms. The zero-order valence-electron chi connectivity index (χ0n) is 10.4. The van der Waals surface area contributed by atoms with Crippen LogP contribution in [0.15, 0.2) is 24.3 Å². The van der Waals surface area contributed by atoms with E-state index in [2.05, 4.69) is 4.85 Å². The van der Waals surface area contributed by atoms with Gasteiger partial charge in [-0.25, -0.2) is 13.6 Å². The van der Waals surface area contributed by atoms with Crippen molar-refractivity contribution in [1.29, 1.82) is 0 Å². The van der Waals surface area contributed by atoms with E-state index in [1.807, 2.05) is 0 Å². The Labute approximate surface area is 120 Å². The average Bonchev–Trinajstić information content (AvgIpc) is 2.48. The van der Waals surface area contributed by atoms with Crippen molar-refractivity contribution in [2.75, 3.05) is 0 Å². The Balaban J connectivity index is 2.49. The molecular formula is C13H4F4N2O3. The van der Waals surface area contributed by atoms with E-state index in [4.69, 9.17) is 11.3 Å². The van der Waals surface area contributed by atoms with Crippen LogP contribution in [0, 0.1) is 40.0 Å². The molecule has 0 unspecified atom stereocenters. The van der Waals surface area contributed by atoms with Gasteiger partial charge in [-0.05, 0) is 18.2 Å². The lowest BCUT2D eigenvalue weighted by Crippen LogP contribution is -2.01. The summed E-state index contributed by atoms with van der Waals surface area (Å²) in [5.41, 5.74) is -1.86. The van der Waals surface area contributed by atoms with Crippen molar-refractivity contribution in [1.82, 2.24) is 0 Å². The molecule has 0 amide bonds. The van der Waals surface area contributed by atoms with Crippen LogP contribution in [0.2, 0.25) is 0 Å². The molecule has 112 valence electrons. The molecule has 0 aliphatic carbocycles. The van der Waals surface area contributed by atoms with Crippen molar-refractivity contribution in [3.05, 3.63) is 69.1 Å². The minimum Gasteiger partial charge on any atom is -0.452 e. The van der Waals surface area contributed by atoms with Gasteiger partial charge in [-0.3, -0.25) is 10.1 Å². The van der Waals surface area contributed by atoms with Gasteiger partial charge in [0.1, 0.15) is 11.6 Å². The van der Waals surface area contributed by atoms with Gasteiger partial charge in [0.2, 0.25) is 23.1 Å². The van der Waals surface area contributed by atoms with Crippen molar-refractivity contribution in [3.8, 4) is 11.5 Å². The molecule has 0 radical (unpaired) electrons. The first kappa shape index (κ1) is 15.2. The van der Waals surface area contributed by atoms with Gasteiger partial charge in [0, 0.05) is 0 Å². The molecule has 0 N–H and O–H groups in total. The van der Waals surface area contributed by atoms with Crippen LogP contribution in [-0.2, 0) is 0 Å². The third kappa shape index (κ3) is 2.67. The predicted octanol–water partition coefficient (Wildman–Crippen LogP) is 4.49. The average molecular weight is 312 g/mol. The van der Waals surface area contributed by atoms with E-state index in [1.165, 1.54) is 0 Å². The lowest BCUT2D eigenvalue weighted by Gasteiger charge is -2.09. The molecule has 2 rings (SSSR count). The van der Waals surface area contributed by atoms with E-state index in [9.17, 15) is 27.7 Å². The van der Waals surface area contributed by atoms with Crippen molar-refractivity contribution in [3.63, 3.8) is 0 Å². The Morgan fingerprint density at radius 2 is 1.77 bits per heavy atom. The predicted molar refractivity (Wildman–Crippen MR) is 65.7 cm³/mol. The lowest BCUT2D eigenvalue weighted by molar-refractivity contribution is -0.388. The highest BCUT2D eigenvalue weighted by Gasteiger charge is 2.27. The number of hydrogen-bond acceptors (Lipinski definition) is 3. The highest BCUT2D eigenvalue weighted by atomic mass is 19.2. The highest BCUT2D eigenvalue weighted by molar-refractivity contribution is 5.52. The number of nitro benzene ring substituents is 1. The molecular weight excluding hydrogens is 308 g/mol. The Hall–Kier alpha value is -3.15. The van der Waals surface area contributed by atoms with Crippen LogP contribution in [0.25, 0.3) is 4.85 Å². The first-order valence-corrected chi connectivity index (χ1v) is 5.52. The molecule has 0 bridgehead atoms. The maximum atomic E-state index is 13.7. The van der Waals surface area contributed by atoms with Gasteiger partial charge in [-0.15, -0.1) is 0 Å².